The Morgan fingerprint density at radius 1 is 1.05 bits per heavy atom. The summed E-state index contributed by atoms with van der Waals surface area (Å²) in [4.78, 5) is 15.5. The van der Waals surface area contributed by atoms with E-state index < -0.39 is 0 Å². The van der Waals surface area contributed by atoms with Crippen molar-refractivity contribution >= 4 is 30.4 Å². The summed E-state index contributed by atoms with van der Waals surface area (Å²) >= 11 is 0. The SMILES string of the molecule is [B]c1cccc(Cc2nccc3c(C=O)cccc23)c1. The van der Waals surface area contributed by atoms with E-state index in [4.69, 9.17) is 7.85 Å². The van der Waals surface area contributed by atoms with Gasteiger partial charge in [0.2, 0.25) is 0 Å². The second kappa shape index (κ2) is 5.29. The molecule has 3 aromatic rings. The molecule has 2 aromatic carbocycles. The topological polar surface area (TPSA) is 30.0 Å². The van der Waals surface area contributed by atoms with Crippen molar-refractivity contribution in [2.24, 2.45) is 0 Å². The normalized spacial score (nSPS) is 10.6. The number of aromatic nitrogens is 1. The molecule has 0 saturated heterocycles. The van der Waals surface area contributed by atoms with Crippen LogP contribution in [0.15, 0.2) is 54.7 Å². The van der Waals surface area contributed by atoms with Gasteiger partial charge in [-0.1, -0.05) is 47.9 Å². The molecule has 0 aliphatic carbocycles. The second-order valence-electron chi connectivity index (χ2n) is 4.74. The molecule has 94 valence electrons. The van der Waals surface area contributed by atoms with Crippen LogP contribution >= 0.6 is 0 Å². The van der Waals surface area contributed by atoms with Gasteiger partial charge in [-0.3, -0.25) is 9.78 Å². The van der Waals surface area contributed by atoms with Crippen LogP contribution in [0.1, 0.15) is 21.6 Å². The zero-order valence-corrected chi connectivity index (χ0v) is 10.9. The summed E-state index contributed by atoms with van der Waals surface area (Å²) in [5.74, 6) is 0. The van der Waals surface area contributed by atoms with E-state index in [1.54, 1.807) is 6.20 Å². The molecular formula is C17H12BNO. The predicted octanol–water partition coefficient (Wildman–Crippen LogP) is 2.43. The minimum absolute atomic E-state index is 0.693. The number of hydrogen-bond acceptors (Lipinski definition) is 2. The number of rotatable bonds is 3. The van der Waals surface area contributed by atoms with Gasteiger partial charge in [-0.2, -0.15) is 0 Å². The molecule has 0 spiro atoms. The zero-order chi connectivity index (χ0) is 13.9. The number of pyridine rings is 1. The van der Waals surface area contributed by atoms with Gasteiger partial charge in [0.15, 0.2) is 6.29 Å². The molecule has 0 bridgehead atoms. The van der Waals surface area contributed by atoms with Crippen molar-refractivity contribution in [3.05, 3.63) is 71.5 Å². The fraction of sp³-hybridized carbons (Fsp3) is 0.0588. The van der Waals surface area contributed by atoms with E-state index in [0.29, 0.717) is 12.0 Å². The monoisotopic (exact) mass is 257 g/mol. The first-order valence-electron chi connectivity index (χ1n) is 6.44. The van der Waals surface area contributed by atoms with Gasteiger partial charge in [0.1, 0.15) is 7.85 Å². The van der Waals surface area contributed by atoms with Crippen molar-refractivity contribution in [1.29, 1.82) is 0 Å². The Balaban J connectivity index is 2.10. The average molecular weight is 257 g/mol. The van der Waals surface area contributed by atoms with Crippen LogP contribution in [0.2, 0.25) is 0 Å². The summed E-state index contributed by atoms with van der Waals surface area (Å²) in [6.45, 7) is 0. The summed E-state index contributed by atoms with van der Waals surface area (Å²) < 4.78 is 0. The molecule has 0 fully saturated rings. The third kappa shape index (κ3) is 2.35. The summed E-state index contributed by atoms with van der Waals surface area (Å²) in [6, 6.07) is 15.4. The minimum atomic E-state index is 0.693. The summed E-state index contributed by atoms with van der Waals surface area (Å²) in [5, 5.41) is 1.95. The molecule has 0 saturated carbocycles. The number of carbonyl (C=O) groups is 1. The van der Waals surface area contributed by atoms with E-state index in [1.807, 2.05) is 48.5 Å². The number of benzene rings is 2. The largest absolute Gasteiger partial charge is 0.298 e. The number of nitrogens with zero attached hydrogens (tertiary/aromatic N) is 1. The molecule has 0 aliphatic rings. The number of aldehydes is 1. The van der Waals surface area contributed by atoms with E-state index in [9.17, 15) is 4.79 Å². The highest BCUT2D eigenvalue weighted by Gasteiger charge is 2.06. The first-order valence-corrected chi connectivity index (χ1v) is 6.44. The highest BCUT2D eigenvalue weighted by atomic mass is 16.1. The maximum Gasteiger partial charge on any atom is 0.150 e. The Labute approximate surface area is 118 Å². The quantitative estimate of drug-likeness (QED) is 0.532. The van der Waals surface area contributed by atoms with Crippen LogP contribution in [0.5, 0.6) is 0 Å². The van der Waals surface area contributed by atoms with Gasteiger partial charge < -0.3 is 0 Å². The Bertz CT molecular complexity index is 783. The van der Waals surface area contributed by atoms with Crippen molar-refractivity contribution in [2.75, 3.05) is 0 Å². The summed E-state index contributed by atoms with van der Waals surface area (Å²) in [7, 11) is 5.80. The lowest BCUT2D eigenvalue weighted by atomic mass is 9.92. The standard InChI is InChI=1S/C17H12BNO/c18-14-5-1-3-12(9-14)10-17-16-6-2-4-13(11-20)15(16)7-8-19-17/h1-9,11H,10H2. The fourth-order valence-corrected chi connectivity index (χ4v) is 2.43. The number of hydrogen-bond donors (Lipinski definition) is 0. The summed E-state index contributed by atoms with van der Waals surface area (Å²) in [5.41, 5.74) is 3.51. The lowest BCUT2D eigenvalue weighted by molar-refractivity contribution is 0.112. The highest BCUT2D eigenvalue weighted by Crippen LogP contribution is 2.21. The van der Waals surface area contributed by atoms with E-state index in [-0.39, 0.29) is 0 Å². The maximum atomic E-state index is 11.1. The van der Waals surface area contributed by atoms with Crippen LogP contribution in [0.3, 0.4) is 0 Å². The molecule has 3 heteroatoms. The molecule has 2 nitrogen and oxygen atoms in total. The van der Waals surface area contributed by atoms with Gasteiger partial charge in [-0.25, -0.2) is 0 Å². The van der Waals surface area contributed by atoms with Gasteiger partial charge in [0.25, 0.3) is 0 Å². The lowest BCUT2D eigenvalue weighted by Crippen LogP contribution is -2.03. The zero-order valence-electron chi connectivity index (χ0n) is 10.9. The predicted molar refractivity (Wildman–Crippen MR) is 81.8 cm³/mol. The van der Waals surface area contributed by atoms with E-state index in [1.165, 1.54) is 0 Å². The molecule has 1 aromatic heterocycles. The Morgan fingerprint density at radius 3 is 2.70 bits per heavy atom. The smallest absolute Gasteiger partial charge is 0.150 e. The van der Waals surface area contributed by atoms with Gasteiger partial charge in [-0.05, 0) is 17.0 Å². The summed E-state index contributed by atoms with van der Waals surface area (Å²) in [6.07, 6.45) is 3.33. The van der Waals surface area contributed by atoms with Crippen molar-refractivity contribution in [1.82, 2.24) is 4.98 Å². The van der Waals surface area contributed by atoms with Gasteiger partial charge in [0, 0.05) is 23.6 Å². The van der Waals surface area contributed by atoms with Crippen molar-refractivity contribution in [3.8, 4) is 0 Å². The molecule has 1 heterocycles. The van der Waals surface area contributed by atoms with Crippen LogP contribution < -0.4 is 5.46 Å². The lowest BCUT2D eigenvalue weighted by Gasteiger charge is -2.08. The van der Waals surface area contributed by atoms with E-state index in [2.05, 4.69) is 4.98 Å². The van der Waals surface area contributed by atoms with Crippen LogP contribution in [-0.2, 0) is 6.42 Å². The van der Waals surface area contributed by atoms with E-state index in [0.717, 1.165) is 33.8 Å². The van der Waals surface area contributed by atoms with Crippen LogP contribution in [0, 0.1) is 0 Å². The molecule has 0 unspecified atom stereocenters. The van der Waals surface area contributed by atoms with Crippen molar-refractivity contribution in [3.63, 3.8) is 0 Å². The molecule has 0 amide bonds. The minimum Gasteiger partial charge on any atom is -0.298 e. The molecule has 2 radical (unpaired) electrons. The highest BCUT2D eigenvalue weighted by molar-refractivity contribution is 6.32. The third-order valence-electron chi connectivity index (χ3n) is 3.37. The Hall–Kier alpha value is -2.42. The average Bonchev–Trinajstić information content (AvgIpc) is 2.47. The number of fused-ring (bicyclic) bond motifs is 1. The van der Waals surface area contributed by atoms with Crippen LogP contribution in [-0.4, -0.2) is 19.1 Å². The molecular weight excluding hydrogens is 245 g/mol. The number of carbonyl (C=O) groups excluding carboxylic acids is 1. The third-order valence-corrected chi connectivity index (χ3v) is 3.37. The van der Waals surface area contributed by atoms with Gasteiger partial charge in [0.05, 0.1) is 5.69 Å². The van der Waals surface area contributed by atoms with Gasteiger partial charge >= 0.3 is 0 Å². The first-order chi connectivity index (χ1) is 9.78. The maximum absolute atomic E-state index is 11.1. The molecule has 0 atom stereocenters. The second-order valence-corrected chi connectivity index (χ2v) is 4.74. The fourth-order valence-electron chi connectivity index (χ4n) is 2.43. The molecule has 3 rings (SSSR count). The molecule has 20 heavy (non-hydrogen) atoms. The van der Waals surface area contributed by atoms with Crippen molar-refractivity contribution in [2.45, 2.75) is 6.42 Å². The van der Waals surface area contributed by atoms with Crippen LogP contribution in [0.25, 0.3) is 10.8 Å². The van der Waals surface area contributed by atoms with Crippen LogP contribution in [0.4, 0.5) is 0 Å². The van der Waals surface area contributed by atoms with Crippen molar-refractivity contribution < 1.29 is 4.79 Å². The molecule has 0 N–H and O–H groups in total. The Morgan fingerprint density at radius 2 is 1.90 bits per heavy atom. The van der Waals surface area contributed by atoms with Gasteiger partial charge in [-0.15, -0.1) is 0 Å². The van der Waals surface area contributed by atoms with E-state index >= 15 is 0 Å². The first kappa shape index (κ1) is 12.6. The Kier molecular flexibility index (Phi) is 3.34. The molecule has 0 aliphatic heterocycles.